The quantitative estimate of drug-likeness (QED) is 0.465. The molecule has 1 heterocycles. The second kappa shape index (κ2) is 4.88. The van der Waals surface area contributed by atoms with Crippen molar-refractivity contribution >= 4 is 11.8 Å². The Morgan fingerprint density at radius 3 is 2.58 bits per heavy atom. The van der Waals surface area contributed by atoms with Crippen molar-refractivity contribution in [2.75, 3.05) is 0 Å². The fraction of sp³-hybridized carbons (Fsp3) is 0.333. The normalized spacial score (nSPS) is 13.1. The minimum absolute atomic E-state index is 0.119. The molecule has 4 nitrogen and oxygen atoms in total. The number of rotatable bonds is 2. The number of Topliss-reactive ketones (excluding diaryl/α,β-unsaturated/α-hetero) is 1. The van der Waals surface area contributed by atoms with Gasteiger partial charge in [-0.2, -0.15) is 0 Å². The Labute approximate surface area is 112 Å². The zero-order chi connectivity index (χ0) is 14.2. The van der Waals surface area contributed by atoms with Crippen LogP contribution in [0.2, 0.25) is 0 Å². The van der Waals surface area contributed by atoms with Gasteiger partial charge in [-0.25, -0.2) is 0 Å². The second-order valence-electron chi connectivity index (χ2n) is 4.65. The number of allylic oxidation sites excluding steroid dienone is 2. The van der Waals surface area contributed by atoms with Gasteiger partial charge in [-0.1, -0.05) is 6.92 Å². The van der Waals surface area contributed by atoms with Crippen LogP contribution in [-0.4, -0.2) is 11.8 Å². The molecule has 0 spiro atoms. The van der Waals surface area contributed by atoms with Gasteiger partial charge in [0.1, 0.15) is 11.5 Å². The molecule has 0 bridgehead atoms. The summed E-state index contributed by atoms with van der Waals surface area (Å²) in [5.41, 5.74) is 2.02. The average Bonchev–Trinajstić information content (AvgIpc) is 2.71. The van der Waals surface area contributed by atoms with Crippen LogP contribution in [0, 0.1) is 6.92 Å². The summed E-state index contributed by atoms with van der Waals surface area (Å²) in [6.45, 7) is 7.16. The van der Waals surface area contributed by atoms with Gasteiger partial charge in [0, 0.05) is 12.0 Å². The van der Waals surface area contributed by atoms with Gasteiger partial charge in [-0.05, 0) is 38.5 Å². The SMILES string of the molecule is CCC(=O)Oc1ccc2c(c1C)OC(=C(C)C)C2=O. The Balaban J connectivity index is 2.45. The lowest BCUT2D eigenvalue weighted by molar-refractivity contribution is -0.134. The van der Waals surface area contributed by atoms with Crippen molar-refractivity contribution in [3.8, 4) is 11.5 Å². The third-order valence-electron chi connectivity index (χ3n) is 2.98. The van der Waals surface area contributed by atoms with Crippen molar-refractivity contribution in [1.82, 2.24) is 0 Å². The van der Waals surface area contributed by atoms with Crippen LogP contribution in [0.25, 0.3) is 0 Å². The zero-order valence-corrected chi connectivity index (χ0v) is 11.5. The summed E-state index contributed by atoms with van der Waals surface area (Å²) in [6, 6.07) is 3.27. The van der Waals surface area contributed by atoms with Crippen LogP contribution in [0.1, 0.15) is 43.1 Å². The number of hydrogen-bond acceptors (Lipinski definition) is 4. The molecule has 100 valence electrons. The molecule has 1 aromatic rings. The molecule has 0 radical (unpaired) electrons. The highest BCUT2D eigenvalue weighted by Crippen LogP contribution is 2.39. The Hall–Kier alpha value is -2.10. The number of fused-ring (bicyclic) bond motifs is 1. The van der Waals surface area contributed by atoms with Crippen molar-refractivity contribution < 1.29 is 19.1 Å². The third kappa shape index (κ3) is 2.26. The Morgan fingerprint density at radius 1 is 1.32 bits per heavy atom. The van der Waals surface area contributed by atoms with Crippen molar-refractivity contribution in [3.05, 3.63) is 34.6 Å². The van der Waals surface area contributed by atoms with Crippen LogP contribution in [0.4, 0.5) is 0 Å². The molecule has 0 N–H and O–H groups in total. The highest BCUT2D eigenvalue weighted by atomic mass is 16.5. The van der Waals surface area contributed by atoms with E-state index in [9.17, 15) is 9.59 Å². The predicted molar refractivity (Wildman–Crippen MR) is 70.4 cm³/mol. The number of ketones is 1. The summed E-state index contributed by atoms with van der Waals surface area (Å²) in [5.74, 6) is 0.856. The minimum atomic E-state index is -0.310. The molecule has 0 aromatic heterocycles. The van der Waals surface area contributed by atoms with E-state index in [1.807, 2.05) is 13.8 Å². The van der Waals surface area contributed by atoms with Crippen molar-refractivity contribution in [3.63, 3.8) is 0 Å². The van der Waals surface area contributed by atoms with Crippen LogP contribution in [0.15, 0.2) is 23.5 Å². The molecule has 2 rings (SSSR count). The number of carbonyl (C=O) groups is 2. The van der Waals surface area contributed by atoms with E-state index in [-0.39, 0.29) is 11.8 Å². The number of hydrogen-bond donors (Lipinski definition) is 0. The van der Waals surface area contributed by atoms with Gasteiger partial charge in [0.2, 0.25) is 5.78 Å². The third-order valence-corrected chi connectivity index (χ3v) is 2.98. The van der Waals surface area contributed by atoms with E-state index >= 15 is 0 Å². The van der Waals surface area contributed by atoms with Gasteiger partial charge in [0.25, 0.3) is 0 Å². The topological polar surface area (TPSA) is 52.6 Å². The molecule has 4 heteroatoms. The van der Waals surface area contributed by atoms with Crippen LogP contribution < -0.4 is 9.47 Å². The van der Waals surface area contributed by atoms with Gasteiger partial charge >= 0.3 is 5.97 Å². The van der Waals surface area contributed by atoms with Crippen LogP contribution >= 0.6 is 0 Å². The summed E-state index contributed by atoms with van der Waals surface area (Å²) in [7, 11) is 0. The standard InChI is InChI=1S/C15H16O4/c1-5-12(16)18-11-7-6-10-13(17)14(8(2)3)19-15(10)9(11)4/h6-7H,5H2,1-4H3. The molecular formula is C15H16O4. The van der Waals surface area contributed by atoms with Gasteiger partial charge < -0.3 is 9.47 Å². The van der Waals surface area contributed by atoms with E-state index in [1.165, 1.54) is 0 Å². The summed E-state index contributed by atoms with van der Waals surface area (Å²) >= 11 is 0. The summed E-state index contributed by atoms with van der Waals surface area (Å²) in [5, 5.41) is 0. The lowest BCUT2D eigenvalue weighted by Crippen LogP contribution is -2.06. The maximum Gasteiger partial charge on any atom is 0.310 e. The number of esters is 1. The molecule has 0 saturated heterocycles. The summed E-state index contributed by atoms with van der Waals surface area (Å²) < 4.78 is 10.8. The molecule has 0 unspecified atom stereocenters. The van der Waals surface area contributed by atoms with E-state index in [0.29, 0.717) is 34.8 Å². The first-order valence-corrected chi connectivity index (χ1v) is 6.20. The van der Waals surface area contributed by atoms with Crippen LogP contribution in [0.5, 0.6) is 11.5 Å². The summed E-state index contributed by atoms with van der Waals surface area (Å²) in [4.78, 5) is 23.4. The number of carbonyl (C=O) groups excluding carboxylic acids is 2. The fourth-order valence-electron chi connectivity index (χ4n) is 1.89. The Kier molecular flexibility index (Phi) is 3.42. The molecule has 0 saturated carbocycles. The van der Waals surface area contributed by atoms with Gasteiger partial charge in [-0.15, -0.1) is 0 Å². The van der Waals surface area contributed by atoms with E-state index in [1.54, 1.807) is 26.0 Å². The van der Waals surface area contributed by atoms with E-state index < -0.39 is 0 Å². The number of benzene rings is 1. The molecule has 1 aromatic carbocycles. The predicted octanol–water partition coefficient (Wildman–Crippen LogP) is 3.18. The van der Waals surface area contributed by atoms with Crippen molar-refractivity contribution in [2.45, 2.75) is 34.1 Å². The molecule has 0 amide bonds. The molecule has 0 atom stereocenters. The monoisotopic (exact) mass is 260 g/mol. The number of ether oxygens (including phenoxy) is 2. The molecule has 0 fully saturated rings. The lowest BCUT2D eigenvalue weighted by atomic mass is 10.1. The van der Waals surface area contributed by atoms with Crippen LogP contribution in [0.3, 0.4) is 0 Å². The molecule has 0 aliphatic carbocycles. The molecular weight excluding hydrogens is 244 g/mol. The zero-order valence-electron chi connectivity index (χ0n) is 11.5. The van der Waals surface area contributed by atoms with Gasteiger partial charge in [-0.3, -0.25) is 9.59 Å². The van der Waals surface area contributed by atoms with Gasteiger partial charge in [0.05, 0.1) is 5.56 Å². The molecule has 1 aliphatic rings. The maximum atomic E-state index is 12.1. The smallest absolute Gasteiger partial charge is 0.310 e. The maximum absolute atomic E-state index is 12.1. The van der Waals surface area contributed by atoms with E-state index in [2.05, 4.69) is 0 Å². The van der Waals surface area contributed by atoms with Crippen LogP contribution in [-0.2, 0) is 4.79 Å². The summed E-state index contributed by atoms with van der Waals surface area (Å²) in [6.07, 6.45) is 0.301. The van der Waals surface area contributed by atoms with Crippen molar-refractivity contribution in [2.24, 2.45) is 0 Å². The van der Waals surface area contributed by atoms with Gasteiger partial charge in [0.15, 0.2) is 5.76 Å². The lowest BCUT2D eigenvalue weighted by Gasteiger charge is -2.09. The molecule has 1 aliphatic heterocycles. The average molecular weight is 260 g/mol. The first-order chi connectivity index (χ1) is 8.95. The van der Waals surface area contributed by atoms with E-state index in [4.69, 9.17) is 9.47 Å². The molecule has 19 heavy (non-hydrogen) atoms. The highest BCUT2D eigenvalue weighted by Gasteiger charge is 2.31. The van der Waals surface area contributed by atoms with E-state index in [0.717, 1.165) is 5.57 Å². The first kappa shape index (κ1) is 13.3. The first-order valence-electron chi connectivity index (χ1n) is 6.20. The second-order valence-corrected chi connectivity index (χ2v) is 4.65. The minimum Gasteiger partial charge on any atom is -0.452 e. The van der Waals surface area contributed by atoms with Crippen molar-refractivity contribution in [1.29, 1.82) is 0 Å². The Morgan fingerprint density at radius 2 is 2.00 bits per heavy atom. The Bertz CT molecular complexity index is 592. The largest absolute Gasteiger partial charge is 0.452 e. The fourth-order valence-corrected chi connectivity index (χ4v) is 1.89. The highest BCUT2D eigenvalue weighted by molar-refractivity contribution is 6.13.